The Kier molecular flexibility index (Phi) is 8.97. The monoisotopic (exact) mass is 260 g/mol. The van der Waals surface area contributed by atoms with Crippen LogP contribution in [0.4, 0.5) is 0 Å². The highest BCUT2D eigenvalue weighted by atomic mass is 16.5. The molecule has 1 amide bonds. The summed E-state index contributed by atoms with van der Waals surface area (Å²) >= 11 is 0. The van der Waals surface area contributed by atoms with Crippen molar-refractivity contribution in [3.05, 3.63) is 0 Å². The number of rotatable bonds is 10. The molecule has 0 rings (SSSR count). The van der Waals surface area contributed by atoms with Crippen LogP contribution in [0.5, 0.6) is 0 Å². The zero-order valence-corrected chi connectivity index (χ0v) is 12.4. The van der Waals surface area contributed by atoms with Gasteiger partial charge in [0.05, 0.1) is 18.8 Å². The van der Waals surface area contributed by atoms with Crippen LogP contribution in [0.25, 0.3) is 0 Å². The van der Waals surface area contributed by atoms with Crippen molar-refractivity contribution >= 4 is 5.91 Å². The molecule has 0 aromatic carbocycles. The maximum atomic E-state index is 12.3. The van der Waals surface area contributed by atoms with Crippen molar-refractivity contribution in [3.8, 4) is 0 Å². The Bertz CT molecular complexity index is 222. The molecule has 5 heteroatoms. The first kappa shape index (κ1) is 17.4. The van der Waals surface area contributed by atoms with Crippen LogP contribution in [0.15, 0.2) is 0 Å². The lowest BCUT2D eigenvalue weighted by Crippen LogP contribution is -2.54. The summed E-state index contributed by atoms with van der Waals surface area (Å²) in [5.74, 6) is 0.0735. The van der Waals surface area contributed by atoms with Crippen LogP contribution < -0.4 is 5.32 Å². The topological polar surface area (TPSA) is 50.8 Å². The lowest BCUT2D eigenvalue weighted by Gasteiger charge is -2.31. The molecule has 108 valence electrons. The van der Waals surface area contributed by atoms with E-state index in [9.17, 15) is 4.79 Å². The predicted molar refractivity (Wildman–Crippen MR) is 72.7 cm³/mol. The fourth-order valence-electron chi connectivity index (χ4n) is 1.46. The van der Waals surface area contributed by atoms with Crippen LogP contribution in [-0.4, -0.2) is 62.9 Å². The fourth-order valence-corrected chi connectivity index (χ4v) is 1.46. The van der Waals surface area contributed by atoms with Crippen molar-refractivity contribution < 1.29 is 14.3 Å². The summed E-state index contributed by atoms with van der Waals surface area (Å²) in [5.41, 5.74) is -0.557. The van der Waals surface area contributed by atoms with Gasteiger partial charge in [-0.2, -0.15) is 0 Å². The van der Waals surface area contributed by atoms with Gasteiger partial charge in [0, 0.05) is 26.3 Å². The Labute approximate surface area is 111 Å². The van der Waals surface area contributed by atoms with Crippen molar-refractivity contribution in [1.82, 2.24) is 10.2 Å². The average Bonchev–Trinajstić information content (AvgIpc) is 2.36. The lowest BCUT2D eigenvalue weighted by atomic mass is 10.0. The average molecular weight is 260 g/mol. The van der Waals surface area contributed by atoms with Crippen molar-refractivity contribution in [3.63, 3.8) is 0 Å². The minimum absolute atomic E-state index is 0.0735. The molecule has 0 atom stereocenters. The SMILES string of the molecule is CCOCCN(CCOCC)C(=O)C(C)(C)NC. The number of carbonyl (C=O) groups excluding carboxylic acids is 1. The second-order valence-corrected chi connectivity index (χ2v) is 4.56. The molecule has 0 aliphatic carbocycles. The van der Waals surface area contributed by atoms with E-state index in [1.807, 2.05) is 27.7 Å². The summed E-state index contributed by atoms with van der Waals surface area (Å²) in [7, 11) is 1.79. The molecule has 0 unspecified atom stereocenters. The normalized spacial score (nSPS) is 11.6. The number of likely N-dealkylation sites (N-methyl/N-ethyl adjacent to an activating group) is 1. The highest BCUT2D eigenvalue weighted by molar-refractivity contribution is 5.85. The van der Waals surface area contributed by atoms with Gasteiger partial charge in [-0.1, -0.05) is 0 Å². The summed E-state index contributed by atoms with van der Waals surface area (Å²) in [5, 5.41) is 3.03. The van der Waals surface area contributed by atoms with Crippen molar-refractivity contribution in [1.29, 1.82) is 0 Å². The Morgan fingerprint density at radius 2 is 1.56 bits per heavy atom. The lowest BCUT2D eigenvalue weighted by molar-refractivity contribution is -0.138. The molecule has 0 radical (unpaired) electrons. The van der Waals surface area contributed by atoms with E-state index < -0.39 is 5.54 Å². The minimum Gasteiger partial charge on any atom is -0.380 e. The Morgan fingerprint density at radius 1 is 1.11 bits per heavy atom. The maximum absolute atomic E-state index is 12.3. The highest BCUT2D eigenvalue weighted by Gasteiger charge is 2.29. The molecule has 0 saturated heterocycles. The van der Waals surface area contributed by atoms with E-state index in [-0.39, 0.29) is 5.91 Å². The predicted octanol–water partition coefficient (Wildman–Crippen LogP) is 0.886. The summed E-state index contributed by atoms with van der Waals surface area (Å²) in [4.78, 5) is 14.1. The third-order valence-electron chi connectivity index (χ3n) is 2.87. The summed E-state index contributed by atoms with van der Waals surface area (Å²) < 4.78 is 10.6. The molecule has 0 aliphatic heterocycles. The van der Waals surface area contributed by atoms with Gasteiger partial charge in [-0.15, -0.1) is 0 Å². The quantitative estimate of drug-likeness (QED) is 0.593. The van der Waals surface area contributed by atoms with E-state index in [0.29, 0.717) is 39.5 Å². The molecule has 5 nitrogen and oxygen atoms in total. The Balaban J connectivity index is 4.38. The molecule has 0 bridgehead atoms. The number of nitrogens with one attached hydrogen (secondary N) is 1. The van der Waals surface area contributed by atoms with Crippen molar-refractivity contribution in [2.45, 2.75) is 33.2 Å². The summed E-state index contributed by atoms with van der Waals surface area (Å²) in [6.45, 7) is 11.3. The van der Waals surface area contributed by atoms with Gasteiger partial charge < -0.3 is 19.7 Å². The second-order valence-electron chi connectivity index (χ2n) is 4.56. The van der Waals surface area contributed by atoms with E-state index in [1.54, 1.807) is 11.9 Å². The summed E-state index contributed by atoms with van der Waals surface area (Å²) in [6.07, 6.45) is 0. The highest BCUT2D eigenvalue weighted by Crippen LogP contribution is 2.07. The van der Waals surface area contributed by atoms with Crippen LogP contribution in [0.3, 0.4) is 0 Å². The molecule has 0 fully saturated rings. The van der Waals surface area contributed by atoms with Gasteiger partial charge in [0.15, 0.2) is 0 Å². The van der Waals surface area contributed by atoms with Crippen molar-refractivity contribution in [2.75, 3.05) is 46.6 Å². The second kappa shape index (κ2) is 9.30. The van der Waals surface area contributed by atoms with E-state index in [2.05, 4.69) is 5.32 Å². The molecular formula is C13H28N2O3. The number of ether oxygens (including phenoxy) is 2. The number of nitrogens with zero attached hydrogens (tertiary/aromatic N) is 1. The molecular weight excluding hydrogens is 232 g/mol. The van der Waals surface area contributed by atoms with Crippen molar-refractivity contribution in [2.24, 2.45) is 0 Å². The summed E-state index contributed by atoms with van der Waals surface area (Å²) in [6, 6.07) is 0. The molecule has 0 aliphatic rings. The zero-order chi connectivity index (χ0) is 14.0. The van der Waals surface area contributed by atoms with Crippen LogP contribution in [0.2, 0.25) is 0 Å². The molecule has 1 N–H and O–H groups in total. The molecule has 0 aromatic heterocycles. The first-order valence-electron chi connectivity index (χ1n) is 6.63. The first-order valence-corrected chi connectivity index (χ1v) is 6.63. The number of carbonyl (C=O) groups is 1. The smallest absolute Gasteiger partial charge is 0.242 e. The molecule has 0 spiro atoms. The van der Waals surface area contributed by atoms with Gasteiger partial charge in [0.2, 0.25) is 5.91 Å². The van der Waals surface area contributed by atoms with E-state index in [4.69, 9.17) is 9.47 Å². The maximum Gasteiger partial charge on any atom is 0.242 e. The Morgan fingerprint density at radius 3 is 1.89 bits per heavy atom. The van der Waals surface area contributed by atoms with E-state index in [0.717, 1.165) is 0 Å². The van der Waals surface area contributed by atoms with Gasteiger partial charge in [-0.25, -0.2) is 0 Å². The standard InChI is InChI=1S/C13H28N2O3/c1-6-17-10-8-15(9-11-18-7-2)12(16)13(3,4)14-5/h14H,6-11H2,1-5H3. The molecule has 0 heterocycles. The van der Waals surface area contributed by atoms with Crippen LogP contribution >= 0.6 is 0 Å². The largest absolute Gasteiger partial charge is 0.380 e. The van der Waals surface area contributed by atoms with Gasteiger partial charge >= 0.3 is 0 Å². The van der Waals surface area contributed by atoms with E-state index >= 15 is 0 Å². The third-order valence-corrected chi connectivity index (χ3v) is 2.87. The van der Waals surface area contributed by atoms with Gasteiger partial charge in [0.1, 0.15) is 0 Å². The third kappa shape index (κ3) is 6.33. The van der Waals surface area contributed by atoms with Crippen LogP contribution in [-0.2, 0) is 14.3 Å². The van der Waals surface area contributed by atoms with Gasteiger partial charge in [0.25, 0.3) is 0 Å². The Hall–Kier alpha value is -0.650. The van der Waals surface area contributed by atoms with Gasteiger partial charge in [-0.05, 0) is 34.7 Å². The molecule has 0 aromatic rings. The van der Waals surface area contributed by atoms with E-state index in [1.165, 1.54) is 0 Å². The number of amides is 1. The van der Waals surface area contributed by atoms with Crippen LogP contribution in [0, 0.1) is 0 Å². The fraction of sp³-hybridized carbons (Fsp3) is 0.923. The van der Waals surface area contributed by atoms with Gasteiger partial charge in [-0.3, -0.25) is 4.79 Å². The number of hydrogen-bond acceptors (Lipinski definition) is 4. The molecule has 18 heavy (non-hydrogen) atoms. The minimum atomic E-state index is -0.557. The molecule has 0 saturated carbocycles. The first-order chi connectivity index (χ1) is 8.49. The number of hydrogen-bond donors (Lipinski definition) is 1. The zero-order valence-electron chi connectivity index (χ0n) is 12.4. The van der Waals surface area contributed by atoms with Crippen LogP contribution in [0.1, 0.15) is 27.7 Å².